The van der Waals surface area contributed by atoms with Crippen molar-refractivity contribution in [3.63, 3.8) is 0 Å². The Balaban J connectivity index is 0.000000268. The minimum Gasteiger partial charge on any atom is -0.269 e. The minimum absolute atomic E-state index is 0.298. The maximum Gasteiger partial charge on any atom is 0.264 e. The lowest BCUT2D eigenvalue weighted by atomic mass is 10.3. The van der Waals surface area contributed by atoms with Crippen LogP contribution in [0.4, 0.5) is 5.69 Å². The third-order valence-corrected chi connectivity index (χ3v) is 4.99. The highest BCUT2D eigenvalue weighted by Crippen LogP contribution is 2.20. The highest BCUT2D eigenvalue weighted by Gasteiger charge is 2.20. The fraction of sp³-hybridized carbons (Fsp3) is 0.0526. The Labute approximate surface area is 137 Å². The molecule has 0 atom stereocenters. The topological polar surface area (TPSA) is 37.4 Å². The maximum absolute atomic E-state index is 12.3. The van der Waals surface area contributed by atoms with Gasteiger partial charge in [0, 0.05) is 7.05 Å². The molecular formula is C19H19NO2S. The molecule has 0 spiro atoms. The van der Waals surface area contributed by atoms with Gasteiger partial charge in [-0.15, -0.1) is 0 Å². The summed E-state index contributed by atoms with van der Waals surface area (Å²) in [6.45, 7) is 0. The number of anilines is 1. The average molecular weight is 325 g/mol. The zero-order valence-corrected chi connectivity index (χ0v) is 13.7. The van der Waals surface area contributed by atoms with Gasteiger partial charge in [-0.25, -0.2) is 8.42 Å². The first-order valence-corrected chi connectivity index (χ1v) is 8.65. The molecule has 0 aromatic heterocycles. The Morgan fingerprint density at radius 2 is 0.957 bits per heavy atom. The van der Waals surface area contributed by atoms with Crippen LogP contribution in [0.5, 0.6) is 0 Å². The predicted octanol–water partition coefficient (Wildman–Crippen LogP) is 4.20. The Morgan fingerprint density at radius 1 is 0.609 bits per heavy atom. The third-order valence-electron chi connectivity index (χ3n) is 3.19. The van der Waals surface area contributed by atoms with Gasteiger partial charge in [0.2, 0.25) is 0 Å². The number of para-hydroxylation sites is 1. The molecule has 0 unspecified atom stereocenters. The van der Waals surface area contributed by atoms with E-state index in [2.05, 4.69) is 0 Å². The molecule has 3 rings (SSSR count). The van der Waals surface area contributed by atoms with Crippen molar-refractivity contribution < 1.29 is 8.42 Å². The first-order valence-electron chi connectivity index (χ1n) is 7.21. The summed E-state index contributed by atoms with van der Waals surface area (Å²) in [7, 11) is -1.91. The van der Waals surface area contributed by atoms with E-state index in [1.165, 1.54) is 4.31 Å². The van der Waals surface area contributed by atoms with Crippen molar-refractivity contribution >= 4 is 15.7 Å². The summed E-state index contributed by atoms with van der Waals surface area (Å²) in [5, 5.41) is 0. The summed E-state index contributed by atoms with van der Waals surface area (Å²) in [5.41, 5.74) is 0.649. The van der Waals surface area contributed by atoms with Crippen LogP contribution in [0.3, 0.4) is 0 Å². The quantitative estimate of drug-likeness (QED) is 0.724. The fourth-order valence-corrected chi connectivity index (χ4v) is 3.13. The van der Waals surface area contributed by atoms with Crippen LogP contribution in [0.15, 0.2) is 102 Å². The van der Waals surface area contributed by atoms with Gasteiger partial charge >= 0.3 is 0 Å². The van der Waals surface area contributed by atoms with E-state index in [1.54, 1.807) is 49.5 Å². The standard InChI is InChI=1S/C13H13NO2S.C6H6/c1-14(12-8-4-2-5-9-12)17(15,16)13-10-6-3-7-11-13;1-2-4-6-5-3-1/h2-11H,1H3;1-6H. The van der Waals surface area contributed by atoms with E-state index in [9.17, 15) is 8.42 Å². The van der Waals surface area contributed by atoms with Gasteiger partial charge in [-0.1, -0.05) is 72.8 Å². The second-order valence-electron chi connectivity index (χ2n) is 4.78. The second-order valence-corrected chi connectivity index (χ2v) is 6.75. The van der Waals surface area contributed by atoms with Gasteiger partial charge < -0.3 is 0 Å². The largest absolute Gasteiger partial charge is 0.269 e. The average Bonchev–Trinajstić information content (AvgIpc) is 2.64. The summed E-state index contributed by atoms with van der Waals surface area (Å²) >= 11 is 0. The van der Waals surface area contributed by atoms with Crippen molar-refractivity contribution in [3.05, 3.63) is 97.1 Å². The predicted molar refractivity (Wildman–Crippen MR) is 94.9 cm³/mol. The zero-order valence-electron chi connectivity index (χ0n) is 12.9. The highest BCUT2D eigenvalue weighted by molar-refractivity contribution is 7.92. The van der Waals surface area contributed by atoms with Crippen molar-refractivity contribution in [2.75, 3.05) is 11.4 Å². The van der Waals surface area contributed by atoms with Crippen LogP contribution in [-0.2, 0) is 10.0 Å². The van der Waals surface area contributed by atoms with E-state index < -0.39 is 10.0 Å². The second kappa shape index (κ2) is 8.15. The number of hydrogen-bond acceptors (Lipinski definition) is 2. The van der Waals surface area contributed by atoms with Crippen LogP contribution < -0.4 is 4.31 Å². The molecule has 0 saturated carbocycles. The molecule has 0 aliphatic heterocycles. The van der Waals surface area contributed by atoms with Gasteiger partial charge in [0.1, 0.15) is 0 Å². The molecule has 0 bridgehead atoms. The highest BCUT2D eigenvalue weighted by atomic mass is 32.2. The van der Waals surface area contributed by atoms with Crippen LogP contribution >= 0.6 is 0 Å². The lowest BCUT2D eigenvalue weighted by Gasteiger charge is -2.19. The first-order chi connectivity index (χ1) is 11.1. The van der Waals surface area contributed by atoms with Crippen LogP contribution in [0, 0.1) is 0 Å². The zero-order chi connectivity index (χ0) is 16.5. The molecule has 4 heteroatoms. The molecule has 0 N–H and O–H groups in total. The molecule has 3 aromatic carbocycles. The Bertz CT molecular complexity index is 762. The lowest BCUT2D eigenvalue weighted by molar-refractivity contribution is 0.594. The molecule has 118 valence electrons. The van der Waals surface area contributed by atoms with E-state index in [0.717, 1.165) is 0 Å². The van der Waals surface area contributed by atoms with Crippen molar-refractivity contribution in [1.29, 1.82) is 0 Å². The monoisotopic (exact) mass is 325 g/mol. The molecule has 0 aliphatic rings. The van der Waals surface area contributed by atoms with E-state index in [4.69, 9.17) is 0 Å². The molecule has 23 heavy (non-hydrogen) atoms. The van der Waals surface area contributed by atoms with E-state index in [-0.39, 0.29) is 0 Å². The van der Waals surface area contributed by atoms with Gasteiger partial charge in [-0.3, -0.25) is 4.31 Å². The van der Waals surface area contributed by atoms with Crippen molar-refractivity contribution in [2.45, 2.75) is 4.90 Å². The lowest BCUT2D eigenvalue weighted by Crippen LogP contribution is -2.26. The first kappa shape index (κ1) is 16.8. The van der Waals surface area contributed by atoms with Crippen LogP contribution in [0.25, 0.3) is 0 Å². The van der Waals surface area contributed by atoms with Gasteiger partial charge in [0.15, 0.2) is 0 Å². The number of hydrogen-bond donors (Lipinski definition) is 0. The van der Waals surface area contributed by atoms with Crippen molar-refractivity contribution in [3.8, 4) is 0 Å². The molecule has 3 aromatic rings. The Hall–Kier alpha value is -2.59. The SMILES string of the molecule is CN(c1ccccc1)S(=O)(=O)c1ccccc1.c1ccccc1. The third kappa shape index (κ3) is 4.69. The molecule has 0 aliphatic carbocycles. The number of rotatable bonds is 3. The molecule has 0 fully saturated rings. The Morgan fingerprint density at radius 3 is 1.39 bits per heavy atom. The smallest absolute Gasteiger partial charge is 0.264 e. The number of benzene rings is 3. The summed E-state index contributed by atoms with van der Waals surface area (Å²) < 4.78 is 25.8. The van der Waals surface area contributed by atoms with Gasteiger partial charge in [0.05, 0.1) is 10.6 Å². The van der Waals surface area contributed by atoms with Crippen molar-refractivity contribution in [2.24, 2.45) is 0 Å². The molecular weight excluding hydrogens is 306 g/mol. The van der Waals surface area contributed by atoms with E-state index in [0.29, 0.717) is 10.6 Å². The Kier molecular flexibility index (Phi) is 5.94. The summed E-state index contributed by atoms with van der Waals surface area (Å²) in [6.07, 6.45) is 0. The van der Waals surface area contributed by atoms with Crippen LogP contribution in [0.2, 0.25) is 0 Å². The molecule has 0 heterocycles. The molecule has 3 nitrogen and oxygen atoms in total. The molecule has 0 radical (unpaired) electrons. The van der Waals surface area contributed by atoms with Gasteiger partial charge in [-0.05, 0) is 24.3 Å². The van der Waals surface area contributed by atoms with Gasteiger partial charge in [0.25, 0.3) is 10.0 Å². The number of nitrogens with zero attached hydrogens (tertiary/aromatic N) is 1. The maximum atomic E-state index is 12.3. The fourth-order valence-electron chi connectivity index (χ4n) is 1.91. The summed E-state index contributed by atoms with van der Waals surface area (Å²) in [4.78, 5) is 0.298. The van der Waals surface area contributed by atoms with Crippen molar-refractivity contribution in [1.82, 2.24) is 0 Å². The summed E-state index contributed by atoms with van der Waals surface area (Å²) in [6, 6.07) is 29.4. The molecule has 0 amide bonds. The normalized spacial score (nSPS) is 10.3. The van der Waals surface area contributed by atoms with E-state index in [1.807, 2.05) is 54.6 Å². The number of sulfonamides is 1. The minimum atomic E-state index is -3.46. The van der Waals surface area contributed by atoms with Crippen LogP contribution in [-0.4, -0.2) is 15.5 Å². The van der Waals surface area contributed by atoms with Gasteiger partial charge in [-0.2, -0.15) is 0 Å². The van der Waals surface area contributed by atoms with Crippen LogP contribution in [0.1, 0.15) is 0 Å². The summed E-state index contributed by atoms with van der Waals surface area (Å²) in [5.74, 6) is 0. The molecule has 0 saturated heterocycles. The van der Waals surface area contributed by atoms with E-state index >= 15 is 0 Å².